The maximum atomic E-state index is 12.7. The van der Waals surface area contributed by atoms with Gasteiger partial charge in [-0.2, -0.15) is 0 Å². The summed E-state index contributed by atoms with van der Waals surface area (Å²) in [4.78, 5) is 16.2. The van der Waals surface area contributed by atoms with Gasteiger partial charge in [0.25, 0.3) is 0 Å². The molecule has 1 fully saturated rings. The average Bonchev–Trinajstić information content (AvgIpc) is 3.35. The summed E-state index contributed by atoms with van der Waals surface area (Å²) in [6.07, 6.45) is -1.84. The molecule has 0 saturated carbocycles. The molecule has 4 aromatic rings. The molecule has 0 aliphatic carbocycles. The number of amides is 1. The molecule has 5 rings (SSSR count). The Kier molecular flexibility index (Phi) is 10.3. The molecule has 2 heterocycles. The van der Waals surface area contributed by atoms with Crippen LogP contribution in [0.3, 0.4) is 0 Å². The highest BCUT2D eigenvalue weighted by molar-refractivity contribution is 6.35. The van der Waals surface area contributed by atoms with Crippen LogP contribution in [-0.4, -0.2) is 66.7 Å². The Balaban J connectivity index is 1.31. The molecule has 0 bridgehead atoms. The lowest BCUT2D eigenvalue weighted by Gasteiger charge is -2.35. The number of nitrogens with one attached hydrogen (secondary N) is 1. The van der Waals surface area contributed by atoms with Crippen molar-refractivity contribution in [2.75, 3.05) is 39.8 Å². The average molecular weight is 650 g/mol. The minimum absolute atomic E-state index is 0.275. The van der Waals surface area contributed by atoms with Crippen LogP contribution in [0.5, 0.6) is 5.75 Å². The van der Waals surface area contributed by atoms with Crippen molar-refractivity contribution in [3.05, 3.63) is 93.6 Å². The van der Waals surface area contributed by atoms with Gasteiger partial charge in [0, 0.05) is 78.7 Å². The van der Waals surface area contributed by atoms with E-state index in [0.29, 0.717) is 41.7 Å². The second kappa shape index (κ2) is 14.1. The zero-order chi connectivity index (χ0) is 31.3. The van der Waals surface area contributed by atoms with Crippen molar-refractivity contribution in [2.45, 2.75) is 32.3 Å². The van der Waals surface area contributed by atoms with Gasteiger partial charge in [-0.3, -0.25) is 9.80 Å². The molecule has 1 aromatic heterocycles. The van der Waals surface area contributed by atoms with Crippen LogP contribution < -0.4 is 10.1 Å². The normalized spacial score (nSPS) is 14.6. The third-order valence-corrected chi connectivity index (χ3v) is 8.40. The van der Waals surface area contributed by atoms with Crippen molar-refractivity contribution in [2.24, 2.45) is 0 Å². The van der Waals surface area contributed by atoms with E-state index in [4.69, 9.17) is 23.2 Å². The number of alkyl halides is 3. The summed E-state index contributed by atoms with van der Waals surface area (Å²) < 4.78 is 48.8. The number of methoxy groups -OCH3 is 1. The molecule has 7 nitrogen and oxygen atoms in total. The topological polar surface area (TPSA) is 59.0 Å². The first-order valence-electron chi connectivity index (χ1n) is 14.3. The molecule has 0 spiro atoms. The monoisotopic (exact) mass is 648 g/mol. The maximum Gasteiger partial charge on any atom is 0.573 e. The van der Waals surface area contributed by atoms with Gasteiger partial charge in [-0.25, -0.2) is 4.79 Å². The molecule has 12 heteroatoms. The van der Waals surface area contributed by atoms with Gasteiger partial charge in [-0.1, -0.05) is 41.4 Å². The zero-order valence-corrected chi connectivity index (χ0v) is 25.7. The number of nitrogens with zero attached hydrogens (tertiary/aromatic N) is 3. The fourth-order valence-corrected chi connectivity index (χ4v) is 5.99. The molecule has 1 N–H and O–H groups in total. The van der Waals surface area contributed by atoms with E-state index in [1.54, 1.807) is 12.1 Å². The summed E-state index contributed by atoms with van der Waals surface area (Å²) in [6.45, 7) is 5.47. The van der Waals surface area contributed by atoms with E-state index in [2.05, 4.69) is 42.8 Å². The Hall–Kier alpha value is -3.44. The van der Waals surface area contributed by atoms with E-state index < -0.39 is 12.5 Å². The standard InChI is InChI=1S/C32H33Cl2F3N4O3/c1-43-31(42)38-13-3-4-23-20-41(24-8-10-25(11-9-24)44-32(35,36)37)30-18-22(7-12-26(23)30)19-39-14-16-40(17-15-39)21-27-28(33)5-2-6-29(27)34/h2,5-12,18,20H,3-4,13-17,19,21H2,1H3,(H,38,42). The largest absolute Gasteiger partial charge is 0.573 e. The Morgan fingerprint density at radius 1 is 0.932 bits per heavy atom. The SMILES string of the molecule is COC(=O)NCCCc1cn(-c2ccc(OC(F)(F)F)cc2)c2cc(CN3CCN(Cc4c(Cl)cccc4Cl)CC3)ccc12. The molecular formula is C32H33Cl2F3N4O3. The summed E-state index contributed by atoms with van der Waals surface area (Å²) in [5, 5.41) is 5.10. The van der Waals surface area contributed by atoms with Crippen molar-refractivity contribution in [1.82, 2.24) is 19.7 Å². The number of alkyl carbamates (subject to hydrolysis) is 1. The molecule has 0 radical (unpaired) electrons. The first-order valence-corrected chi connectivity index (χ1v) is 15.0. The minimum Gasteiger partial charge on any atom is -0.453 e. The number of aryl methyl sites for hydroxylation is 1. The number of aromatic nitrogens is 1. The van der Waals surface area contributed by atoms with Gasteiger partial charge in [-0.05, 0) is 66.4 Å². The Labute approximate surface area is 264 Å². The number of hydrogen-bond donors (Lipinski definition) is 1. The highest BCUT2D eigenvalue weighted by Crippen LogP contribution is 2.30. The predicted octanol–water partition coefficient (Wildman–Crippen LogP) is 7.44. The summed E-state index contributed by atoms with van der Waals surface area (Å²) in [5.74, 6) is -0.275. The summed E-state index contributed by atoms with van der Waals surface area (Å²) in [7, 11) is 1.32. The van der Waals surface area contributed by atoms with Crippen molar-refractivity contribution in [1.29, 1.82) is 0 Å². The summed E-state index contributed by atoms with van der Waals surface area (Å²) >= 11 is 12.8. The molecule has 234 valence electrons. The van der Waals surface area contributed by atoms with Crippen molar-refractivity contribution >= 4 is 40.2 Å². The fraction of sp³-hybridized carbons (Fsp3) is 0.344. The number of ether oxygens (including phenoxy) is 2. The first kappa shape index (κ1) is 32.0. The number of fused-ring (bicyclic) bond motifs is 1. The van der Waals surface area contributed by atoms with Gasteiger partial charge in [-0.15, -0.1) is 13.2 Å². The number of carbonyl (C=O) groups excluding carboxylic acids is 1. The molecule has 3 aromatic carbocycles. The van der Waals surface area contributed by atoms with Gasteiger partial charge in [0.2, 0.25) is 0 Å². The predicted molar refractivity (Wildman–Crippen MR) is 166 cm³/mol. The highest BCUT2D eigenvalue weighted by atomic mass is 35.5. The van der Waals surface area contributed by atoms with Gasteiger partial charge in [0.15, 0.2) is 0 Å². The van der Waals surface area contributed by atoms with E-state index in [9.17, 15) is 18.0 Å². The Morgan fingerprint density at radius 3 is 2.23 bits per heavy atom. The molecular weight excluding hydrogens is 616 g/mol. The van der Waals surface area contributed by atoms with E-state index in [0.717, 1.165) is 60.3 Å². The number of rotatable bonds is 10. The van der Waals surface area contributed by atoms with E-state index >= 15 is 0 Å². The smallest absolute Gasteiger partial charge is 0.453 e. The van der Waals surface area contributed by atoms with Gasteiger partial charge >= 0.3 is 12.5 Å². The van der Waals surface area contributed by atoms with Crippen molar-refractivity contribution in [3.8, 4) is 11.4 Å². The number of benzene rings is 3. The summed E-state index contributed by atoms with van der Waals surface area (Å²) in [5.41, 5.74) is 4.82. The molecule has 1 aliphatic heterocycles. The number of carbonyl (C=O) groups is 1. The quantitative estimate of drug-likeness (QED) is 0.181. The van der Waals surface area contributed by atoms with Crippen LogP contribution in [0.2, 0.25) is 10.0 Å². The first-order chi connectivity index (χ1) is 21.1. The third-order valence-electron chi connectivity index (χ3n) is 7.69. The van der Waals surface area contributed by atoms with E-state index in [-0.39, 0.29) is 5.75 Å². The van der Waals surface area contributed by atoms with Crippen LogP contribution in [0.1, 0.15) is 23.1 Å². The van der Waals surface area contributed by atoms with Gasteiger partial charge in [0.05, 0.1) is 12.6 Å². The van der Waals surface area contributed by atoms with Gasteiger partial charge < -0.3 is 19.4 Å². The highest BCUT2D eigenvalue weighted by Gasteiger charge is 2.31. The number of piperazine rings is 1. The molecule has 0 unspecified atom stereocenters. The molecule has 1 aliphatic rings. The second-order valence-electron chi connectivity index (χ2n) is 10.7. The fourth-order valence-electron chi connectivity index (χ4n) is 5.47. The maximum absolute atomic E-state index is 12.7. The zero-order valence-electron chi connectivity index (χ0n) is 24.2. The third kappa shape index (κ3) is 8.18. The van der Waals surface area contributed by atoms with Gasteiger partial charge in [0.1, 0.15) is 5.75 Å². The lowest BCUT2D eigenvalue weighted by atomic mass is 10.1. The van der Waals surface area contributed by atoms with Crippen LogP contribution >= 0.6 is 23.2 Å². The molecule has 1 amide bonds. The number of halogens is 5. The van der Waals surface area contributed by atoms with Crippen LogP contribution in [0.25, 0.3) is 16.6 Å². The Bertz CT molecular complexity index is 1570. The molecule has 0 atom stereocenters. The van der Waals surface area contributed by atoms with E-state index in [1.807, 2.05) is 29.0 Å². The minimum atomic E-state index is -4.75. The summed E-state index contributed by atoms with van der Waals surface area (Å²) in [6, 6.07) is 17.8. The van der Waals surface area contributed by atoms with Crippen LogP contribution in [0.4, 0.5) is 18.0 Å². The molecule has 1 saturated heterocycles. The van der Waals surface area contributed by atoms with Crippen LogP contribution in [0, 0.1) is 0 Å². The van der Waals surface area contributed by atoms with Crippen molar-refractivity contribution < 1.29 is 27.4 Å². The molecule has 44 heavy (non-hydrogen) atoms. The van der Waals surface area contributed by atoms with E-state index in [1.165, 1.54) is 19.2 Å². The lowest BCUT2D eigenvalue weighted by molar-refractivity contribution is -0.274. The number of hydrogen-bond acceptors (Lipinski definition) is 5. The van der Waals surface area contributed by atoms with Crippen LogP contribution in [0.15, 0.2) is 66.9 Å². The Morgan fingerprint density at radius 2 is 1.59 bits per heavy atom. The second-order valence-corrected chi connectivity index (χ2v) is 11.5. The van der Waals surface area contributed by atoms with Crippen LogP contribution in [-0.2, 0) is 24.2 Å². The lowest BCUT2D eigenvalue weighted by Crippen LogP contribution is -2.45. The van der Waals surface area contributed by atoms with Crippen molar-refractivity contribution in [3.63, 3.8) is 0 Å².